The number of ether oxygens (including phenoxy) is 2. The van der Waals surface area contributed by atoms with Gasteiger partial charge in [-0.25, -0.2) is 17.9 Å². The summed E-state index contributed by atoms with van der Waals surface area (Å²) in [5, 5.41) is 9.04. The summed E-state index contributed by atoms with van der Waals surface area (Å²) in [6.45, 7) is 0. The number of hydrogen-bond donors (Lipinski definition) is 2. The topological polar surface area (TPSA) is 150 Å². The van der Waals surface area contributed by atoms with Crippen molar-refractivity contribution in [3.63, 3.8) is 0 Å². The van der Waals surface area contributed by atoms with Crippen LogP contribution in [-0.4, -0.2) is 53.1 Å². The van der Waals surface area contributed by atoms with Crippen molar-refractivity contribution in [3.8, 4) is 22.5 Å². The minimum absolute atomic E-state index is 0.0245. The molecule has 37 heavy (non-hydrogen) atoms. The first-order chi connectivity index (χ1) is 17.9. The van der Waals surface area contributed by atoms with Gasteiger partial charge in [-0.3, -0.25) is 9.52 Å². The van der Waals surface area contributed by atoms with Crippen molar-refractivity contribution in [1.82, 2.24) is 24.6 Å². The Morgan fingerprint density at radius 2 is 1.86 bits per heavy atom. The van der Waals surface area contributed by atoms with Crippen molar-refractivity contribution in [2.45, 2.75) is 4.90 Å². The van der Waals surface area contributed by atoms with Crippen molar-refractivity contribution in [1.29, 1.82) is 0 Å². The Balaban J connectivity index is 1.34. The van der Waals surface area contributed by atoms with Crippen molar-refractivity contribution >= 4 is 44.4 Å². The summed E-state index contributed by atoms with van der Waals surface area (Å²) in [6.07, 6.45) is 3.07. The summed E-state index contributed by atoms with van der Waals surface area (Å²) in [6, 6.07) is 12.7. The van der Waals surface area contributed by atoms with E-state index in [0.717, 1.165) is 10.6 Å². The maximum Gasteiger partial charge on any atom is 0.321 e. The van der Waals surface area contributed by atoms with E-state index in [9.17, 15) is 13.2 Å². The molecule has 188 valence electrons. The number of methoxy groups -OCH3 is 2. The van der Waals surface area contributed by atoms with Gasteiger partial charge in [0.15, 0.2) is 11.5 Å². The van der Waals surface area contributed by atoms with Gasteiger partial charge in [0.25, 0.3) is 15.9 Å². The molecule has 1 aromatic carbocycles. The zero-order valence-electron chi connectivity index (χ0n) is 19.4. The molecule has 0 aliphatic carbocycles. The van der Waals surface area contributed by atoms with Crippen LogP contribution < -0.4 is 19.5 Å². The number of benzene rings is 1. The highest BCUT2D eigenvalue weighted by Crippen LogP contribution is 2.26. The number of hydrogen-bond acceptors (Lipinski definition) is 10. The SMILES string of the molecule is COc1cc(NS(=O)(=O)c2ccc(NC(=O)c3cnn4c(-c5cccs5)ccnc34)cc2)nc(OC)n1. The van der Waals surface area contributed by atoms with Gasteiger partial charge in [-0.05, 0) is 41.8 Å². The Morgan fingerprint density at radius 3 is 2.57 bits per heavy atom. The summed E-state index contributed by atoms with van der Waals surface area (Å²) in [4.78, 5) is 26.1. The number of thiophene rings is 1. The molecule has 0 saturated carbocycles. The second-order valence-corrected chi connectivity index (χ2v) is 10.1. The van der Waals surface area contributed by atoms with Crippen molar-refractivity contribution in [2.75, 3.05) is 24.3 Å². The fraction of sp³-hybridized carbons (Fsp3) is 0.0870. The van der Waals surface area contributed by atoms with Crippen LogP contribution in [0.4, 0.5) is 11.5 Å². The molecule has 4 heterocycles. The summed E-state index contributed by atoms with van der Waals surface area (Å²) in [7, 11) is -1.25. The molecule has 1 amide bonds. The lowest BCUT2D eigenvalue weighted by Crippen LogP contribution is -2.15. The smallest absolute Gasteiger partial charge is 0.321 e. The molecular weight excluding hydrogens is 518 g/mol. The molecule has 14 heteroatoms. The van der Waals surface area contributed by atoms with E-state index in [4.69, 9.17) is 9.47 Å². The lowest BCUT2D eigenvalue weighted by Gasteiger charge is -2.10. The lowest BCUT2D eigenvalue weighted by atomic mass is 10.2. The van der Waals surface area contributed by atoms with Crippen LogP contribution in [0.25, 0.3) is 16.2 Å². The van der Waals surface area contributed by atoms with Gasteiger partial charge in [-0.2, -0.15) is 15.1 Å². The van der Waals surface area contributed by atoms with Crippen LogP contribution in [0.15, 0.2) is 71.2 Å². The molecule has 2 N–H and O–H groups in total. The third kappa shape index (κ3) is 4.92. The van der Waals surface area contributed by atoms with E-state index in [0.29, 0.717) is 11.3 Å². The van der Waals surface area contributed by atoms with Crippen molar-refractivity contribution < 1.29 is 22.7 Å². The van der Waals surface area contributed by atoms with E-state index < -0.39 is 15.9 Å². The average Bonchev–Trinajstić information content (AvgIpc) is 3.59. The van der Waals surface area contributed by atoms with Crippen LogP contribution in [-0.2, 0) is 10.0 Å². The van der Waals surface area contributed by atoms with E-state index in [1.54, 1.807) is 22.0 Å². The third-order valence-electron chi connectivity index (χ3n) is 5.15. The normalized spacial score (nSPS) is 11.3. The van der Waals surface area contributed by atoms with Crippen molar-refractivity contribution in [2.24, 2.45) is 0 Å². The highest BCUT2D eigenvalue weighted by Gasteiger charge is 2.19. The number of nitrogens with zero attached hydrogens (tertiary/aromatic N) is 5. The molecule has 0 atom stereocenters. The number of anilines is 2. The van der Waals surface area contributed by atoms with E-state index in [-0.39, 0.29) is 28.2 Å². The molecule has 0 spiro atoms. The molecule has 4 aromatic heterocycles. The van der Waals surface area contributed by atoms with E-state index in [1.165, 1.54) is 50.7 Å². The van der Waals surface area contributed by atoms with Crippen LogP contribution in [0.1, 0.15) is 10.4 Å². The number of aromatic nitrogens is 5. The molecule has 0 radical (unpaired) electrons. The maximum absolute atomic E-state index is 13.0. The average molecular weight is 538 g/mol. The first-order valence-corrected chi connectivity index (χ1v) is 13.0. The minimum Gasteiger partial charge on any atom is -0.481 e. The maximum atomic E-state index is 13.0. The Morgan fingerprint density at radius 1 is 1.05 bits per heavy atom. The fourth-order valence-electron chi connectivity index (χ4n) is 3.43. The van der Waals surface area contributed by atoms with Gasteiger partial charge in [0.2, 0.25) is 5.88 Å². The van der Waals surface area contributed by atoms with Gasteiger partial charge in [0.1, 0.15) is 5.56 Å². The molecule has 0 bridgehead atoms. The largest absolute Gasteiger partial charge is 0.481 e. The summed E-state index contributed by atoms with van der Waals surface area (Å²) < 4.78 is 39.6. The van der Waals surface area contributed by atoms with Gasteiger partial charge < -0.3 is 14.8 Å². The Bertz CT molecular complexity index is 1660. The number of rotatable bonds is 8. The minimum atomic E-state index is -3.99. The Kier molecular flexibility index (Phi) is 6.42. The molecule has 12 nitrogen and oxygen atoms in total. The molecule has 5 rings (SSSR count). The van der Waals surface area contributed by atoms with Crippen LogP contribution in [0, 0.1) is 0 Å². The molecule has 0 saturated heterocycles. The van der Waals surface area contributed by atoms with Gasteiger partial charge in [0.05, 0.1) is 35.9 Å². The second kappa shape index (κ2) is 9.83. The second-order valence-electron chi connectivity index (χ2n) is 7.47. The number of fused-ring (bicyclic) bond motifs is 1. The molecule has 0 fully saturated rings. The highest BCUT2D eigenvalue weighted by molar-refractivity contribution is 7.92. The molecule has 0 unspecified atom stereocenters. The number of amides is 1. The van der Waals surface area contributed by atoms with Gasteiger partial charge in [-0.1, -0.05) is 6.07 Å². The zero-order valence-corrected chi connectivity index (χ0v) is 21.1. The summed E-state index contributed by atoms with van der Waals surface area (Å²) in [5.41, 5.74) is 1.90. The van der Waals surface area contributed by atoms with Crippen LogP contribution in [0.2, 0.25) is 0 Å². The first kappa shape index (κ1) is 24.1. The number of carbonyl (C=O) groups excluding carboxylic acids is 1. The van der Waals surface area contributed by atoms with Crippen molar-refractivity contribution in [3.05, 3.63) is 71.9 Å². The van der Waals surface area contributed by atoms with Crippen LogP contribution >= 0.6 is 11.3 Å². The zero-order chi connectivity index (χ0) is 26.0. The Hall–Kier alpha value is -4.56. The number of sulfonamides is 1. The van der Waals surface area contributed by atoms with Crippen LogP contribution in [0.3, 0.4) is 0 Å². The van der Waals surface area contributed by atoms with Gasteiger partial charge >= 0.3 is 6.01 Å². The van der Waals surface area contributed by atoms with Crippen LogP contribution in [0.5, 0.6) is 11.9 Å². The van der Waals surface area contributed by atoms with Gasteiger partial charge in [-0.15, -0.1) is 11.3 Å². The highest BCUT2D eigenvalue weighted by atomic mass is 32.2. The monoisotopic (exact) mass is 537 g/mol. The fourth-order valence-corrected chi connectivity index (χ4v) is 5.16. The quantitative estimate of drug-likeness (QED) is 0.304. The molecule has 5 aromatic rings. The standard InChI is InChI=1S/C23H19N7O5S2/c1-34-20-12-19(27-23(28-20)35-2)29-37(32,33)15-7-5-14(6-8-15)26-22(31)16-13-25-30-17(9-10-24-21(16)30)18-4-3-11-36-18/h3-13H,1-2H3,(H,26,31)(H,27,28,29). The number of carbonyl (C=O) groups is 1. The molecular formula is C23H19N7O5S2. The Labute approximate surface area is 215 Å². The van der Waals surface area contributed by atoms with E-state index in [2.05, 4.69) is 30.1 Å². The first-order valence-electron chi connectivity index (χ1n) is 10.7. The van der Waals surface area contributed by atoms with Gasteiger partial charge in [0, 0.05) is 18.0 Å². The number of nitrogens with one attached hydrogen (secondary N) is 2. The summed E-state index contributed by atoms with van der Waals surface area (Å²) in [5.74, 6) is -0.324. The van der Waals surface area contributed by atoms with E-state index >= 15 is 0 Å². The molecule has 0 aliphatic rings. The summed E-state index contributed by atoms with van der Waals surface area (Å²) >= 11 is 1.56. The van der Waals surface area contributed by atoms with E-state index in [1.807, 2.05) is 23.6 Å². The predicted octanol–water partition coefficient (Wildman–Crippen LogP) is 3.32. The molecule has 0 aliphatic heterocycles. The third-order valence-corrected chi connectivity index (χ3v) is 7.42. The predicted molar refractivity (Wildman–Crippen MR) is 137 cm³/mol. The lowest BCUT2D eigenvalue weighted by molar-refractivity contribution is 0.102.